The fourth-order valence-corrected chi connectivity index (χ4v) is 3.47. The van der Waals surface area contributed by atoms with Crippen LogP contribution in [0.2, 0.25) is 0 Å². The molecule has 1 heterocycles. The Morgan fingerprint density at radius 1 is 1.53 bits per heavy atom. The van der Waals surface area contributed by atoms with Crippen LogP contribution in [0.25, 0.3) is 0 Å². The van der Waals surface area contributed by atoms with Gasteiger partial charge in [0.25, 0.3) is 0 Å². The van der Waals surface area contributed by atoms with E-state index in [1.807, 2.05) is 18.2 Å². The number of hydrogen-bond acceptors (Lipinski definition) is 7. The minimum absolute atomic E-state index is 0.352. The number of pyridine rings is 1. The van der Waals surface area contributed by atoms with Crippen molar-refractivity contribution < 1.29 is 13.9 Å². The number of aromatic nitrogens is 1. The maximum atomic E-state index is 11.2. The minimum atomic E-state index is -3.23. The molecule has 0 aliphatic heterocycles. The maximum absolute atomic E-state index is 11.2. The summed E-state index contributed by atoms with van der Waals surface area (Å²) in [5.74, 6) is 0.875. The second-order valence-corrected chi connectivity index (χ2v) is 8.19. The van der Waals surface area contributed by atoms with Crippen LogP contribution in [0.4, 0.5) is 0 Å². The lowest BCUT2D eigenvalue weighted by atomic mass is 10.5. The van der Waals surface area contributed by atoms with Crippen molar-refractivity contribution in [3.63, 3.8) is 0 Å². The van der Waals surface area contributed by atoms with E-state index in [-0.39, 0.29) is 0 Å². The molecule has 96 valence electrons. The molecule has 1 aromatic rings. The molecule has 17 heavy (non-hydrogen) atoms. The first-order valence-electron chi connectivity index (χ1n) is 4.86. The van der Waals surface area contributed by atoms with E-state index in [9.17, 15) is 4.89 Å². The number of rotatable bonds is 8. The molecule has 1 aromatic heterocycles. The van der Waals surface area contributed by atoms with E-state index in [0.29, 0.717) is 6.61 Å². The standard InChI is InChI=1S/C9H14NO3PS3/c1-12-14(11,15)13-7-4-8-16-17-9-5-2-3-6-10-9/h2-3,5-6H,4,7-8H2,1H3,(H,11,15)/p-1. The summed E-state index contributed by atoms with van der Waals surface area (Å²) in [6.45, 7) is -2.87. The van der Waals surface area contributed by atoms with Gasteiger partial charge in [0.1, 0.15) is 11.7 Å². The van der Waals surface area contributed by atoms with Gasteiger partial charge in [0, 0.05) is 19.1 Å². The van der Waals surface area contributed by atoms with Gasteiger partial charge in [0.05, 0.1) is 6.61 Å². The second kappa shape index (κ2) is 8.48. The third-order valence-electron chi connectivity index (χ3n) is 1.63. The molecule has 1 unspecified atom stereocenters. The van der Waals surface area contributed by atoms with Crippen LogP contribution in [0.5, 0.6) is 0 Å². The molecule has 0 fully saturated rings. The number of hydrogen-bond donors (Lipinski definition) is 0. The van der Waals surface area contributed by atoms with Crippen LogP contribution < -0.4 is 4.89 Å². The molecule has 0 saturated carbocycles. The van der Waals surface area contributed by atoms with Gasteiger partial charge in [-0.25, -0.2) is 4.98 Å². The average Bonchev–Trinajstić information content (AvgIpc) is 2.35. The van der Waals surface area contributed by atoms with Crippen LogP contribution in [0.15, 0.2) is 29.4 Å². The summed E-state index contributed by atoms with van der Waals surface area (Å²) >= 11 is 4.59. The Bertz CT molecular complexity index is 366. The van der Waals surface area contributed by atoms with Crippen LogP contribution in [0.3, 0.4) is 0 Å². The van der Waals surface area contributed by atoms with E-state index < -0.39 is 6.72 Å². The Morgan fingerprint density at radius 2 is 2.35 bits per heavy atom. The predicted molar refractivity (Wildman–Crippen MR) is 74.4 cm³/mol. The van der Waals surface area contributed by atoms with Gasteiger partial charge in [-0.3, -0.25) is 0 Å². The van der Waals surface area contributed by atoms with Gasteiger partial charge in [-0.1, -0.05) is 28.7 Å². The fraction of sp³-hybridized carbons (Fsp3) is 0.444. The highest BCUT2D eigenvalue weighted by molar-refractivity contribution is 8.76. The second-order valence-electron chi connectivity index (χ2n) is 2.89. The molecular weight excluding hydrogens is 297 g/mol. The molecule has 0 radical (unpaired) electrons. The molecule has 4 nitrogen and oxygen atoms in total. The van der Waals surface area contributed by atoms with E-state index in [1.54, 1.807) is 27.8 Å². The van der Waals surface area contributed by atoms with Crippen LogP contribution in [-0.4, -0.2) is 24.5 Å². The molecule has 0 N–H and O–H groups in total. The third-order valence-corrected chi connectivity index (χ3v) is 5.69. The minimum Gasteiger partial charge on any atom is -0.780 e. The highest BCUT2D eigenvalue weighted by atomic mass is 33.1. The fourth-order valence-electron chi connectivity index (χ4n) is 0.845. The summed E-state index contributed by atoms with van der Waals surface area (Å²) in [5, 5.41) is 0.976. The molecule has 0 aromatic carbocycles. The predicted octanol–water partition coefficient (Wildman–Crippen LogP) is 2.46. The highest BCUT2D eigenvalue weighted by Crippen LogP contribution is 2.37. The zero-order valence-electron chi connectivity index (χ0n) is 9.27. The van der Waals surface area contributed by atoms with Gasteiger partial charge >= 0.3 is 0 Å². The Morgan fingerprint density at radius 3 is 3.00 bits per heavy atom. The molecule has 0 aliphatic carbocycles. The van der Waals surface area contributed by atoms with Crippen molar-refractivity contribution in [3.05, 3.63) is 24.4 Å². The molecule has 0 aliphatic rings. The summed E-state index contributed by atoms with van der Waals surface area (Å²) in [6, 6.07) is 5.79. The van der Waals surface area contributed by atoms with Crippen molar-refractivity contribution in [2.45, 2.75) is 11.4 Å². The van der Waals surface area contributed by atoms with Crippen molar-refractivity contribution in [1.82, 2.24) is 4.98 Å². The van der Waals surface area contributed by atoms with Gasteiger partial charge in [-0.15, -0.1) is 0 Å². The van der Waals surface area contributed by atoms with E-state index in [4.69, 9.17) is 4.52 Å². The topological polar surface area (TPSA) is 54.4 Å². The number of nitrogens with zero attached hydrogens (tertiary/aromatic N) is 1. The van der Waals surface area contributed by atoms with Gasteiger partial charge in [-0.2, -0.15) is 0 Å². The molecule has 1 atom stereocenters. The van der Waals surface area contributed by atoms with Crippen LogP contribution in [-0.2, 0) is 20.9 Å². The largest absolute Gasteiger partial charge is 0.780 e. The smallest absolute Gasteiger partial charge is 0.115 e. The molecule has 8 heteroatoms. The first kappa shape index (κ1) is 15.4. The summed E-state index contributed by atoms with van der Waals surface area (Å²) in [7, 11) is 4.57. The quantitative estimate of drug-likeness (QED) is 0.415. The SMILES string of the molecule is COP([O-])(=S)OCCCSSc1ccccn1. The van der Waals surface area contributed by atoms with Gasteiger partial charge in [-0.05, 0) is 29.3 Å². The van der Waals surface area contributed by atoms with Gasteiger partial charge < -0.3 is 13.9 Å². The van der Waals surface area contributed by atoms with Gasteiger partial charge in [0.2, 0.25) is 0 Å². The van der Waals surface area contributed by atoms with E-state index in [1.165, 1.54) is 7.11 Å². The lowest BCUT2D eigenvalue weighted by molar-refractivity contribution is -0.204. The zero-order valence-corrected chi connectivity index (χ0v) is 12.6. The van der Waals surface area contributed by atoms with E-state index >= 15 is 0 Å². The van der Waals surface area contributed by atoms with Gasteiger partial charge in [0.15, 0.2) is 0 Å². The lowest BCUT2D eigenvalue weighted by Crippen LogP contribution is -2.06. The summed E-state index contributed by atoms with van der Waals surface area (Å²) in [5.41, 5.74) is 0. The summed E-state index contributed by atoms with van der Waals surface area (Å²) < 4.78 is 9.48. The first-order valence-corrected chi connectivity index (χ1v) is 9.73. The summed E-state index contributed by atoms with van der Waals surface area (Å²) in [6.07, 6.45) is 2.53. The van der Waals surface area contributed by atoms with Crippen molar-refractivity contribution in [2.75, 3.05) is 19.5 Å². The Labute approximate surface area is 114 Å². The molecule has 1 rings (SSSR count). The van der Waals surface area contributed by atoms with E-state index in [2.05, 4.69) is 21.3 Å². The zero-order chi connectivity index (χ0) is 12.6. The maximum Gasteiger partial charge on any atom is 0.115 e. The van der Waals surface area contributed by atoms with Crippen LogP contribution in [0.1, 0.15) is 6.42 Å². The molecular formula is C9H13NO3PS3-. The first-order chi connectivity index (χ1) is 8.14. The molecule has 0 bridgehead atoms. The highest BCUT2D eigenvalue weighted by Gasteiger charge is 2.00. The average molecular weight is 310 g/mol. The monoisotopic (exact) mass is 310 g/mol. The van der Waals surface area contributed by atoms with Crippen LogP contribution >= 0.6 is 28.3 Å². The Balaban J connectivity index is 2.04. The normalized spacial score (nSPS) is 14.5. The Kier molecular flexibility index (Phi) is 7.70. The molecule has 0 saturated heterocycles. The lowest BCUT2D eigenvalue weighted by Gasteiger charge is -2.24. The molecule has 0 spiro atoms. The van der Waals surface area contributed by atoms with Crippen molar-refractivity contribution in [2.24, 2.45) is 0 Å². The van der Waals surface area contributed by atoms with Crippen molar-refractivity contribution in [1.29, 1.82) is 0 Å². The molecule has 0 amide bonds. The van der Waals surface area contributed by atoms with Crippen molar-refractivity contribution >= 4 is 40.1 Å². The van der Waals surface area contributed by atoms with Crippen molar-refractivity contribution in [3.8, 4) is 0 Å². The van der Waals surface area contributed by atoms with Crippen LogP contribution in [0, 0.1) is 0 Å². The summed E-state index contributed by atoms with van der Waals surface area (Å²) in [4.78, 5) is 15.4. The Hall–Kier alpha value is 0.380. The third kappa shape index (κ3) is 7.41. The van der Waals surface area contributed by atoms with E-state index in [0.717, 1.165) is 17.2 Å².